The minimum absolute atomic E-state index is 0.224. The fourth-order valence-electron chi connectivity index (χ4n) is 2.62. The standard InChI is InChI=1S/C16H17FN4/c1-21-15-9-5-3-7-12(15)16(20-21)14(19-18)10-11-6-2-4-8-13(11)17/h2-9,14,19H,10,18H2,1H3. The Morgan fingerprint density at radius 3 is 2.67 bits per heavy atom. The molecule has 1 heterocycles. The van der Waals surface area contributed by atoms with E-state index in [2.05, 4.69) is 10.5 Å². The van der Waals surface area contributed by atoms with Gasteiger partial charge in [0, 0.05) is 12.4 Å². The summed E-state index contributed by atoms with van der Waals surface area (Å²) < 4.78 is 15.6. The van der Waals surface area contributed by atoms with E-state index in [4.69, 9.17) is 5.84 Å². The molecule has 21 heavy (non-hydrogen) atoms. The van der Waals surface area contributed by atoms with Crippen molar-refractivity contribution in [1.82, 2.24) is 15.2 Å². The number of rotatable bonds is 4. The van der Waals surface area contributed by atoms with Crippen LogP contribution in [0.2, 0.25) is 0 Å². The van der Waals surface area contributed by atoms with Crippen molar-refractivity contribution in [3.8, 4) is 0 Å². The van der Waals surface area contributed by atoms with Crippen molar-refractivity contribution in [3.63, 3.8) is 0 Å². The second-order valence-electron chi connectivity index (χ2n) is 5.04. The van der Waals surface area contributed by atoms with E-state index in [0.29, 0.717) is 12.0 Å². The van der Waals surface area contributed by atoms with Crippen LogP contribution in [-0.4, -0.2) is 9.78 Å². The number of benzene rings is 2. The van der Waals surface area contributed by atoms with Gasteiger partial charge in [0.1, 0.15) is 5.82 Å². The Balaban J connectivity index is 2.01. The summed E-state index contributed by atoms with van der Waals surface area (Å²) >= 11 is 0. The molecule has 3 rings (SSSR count). The molecule has 2 aromatic carbocycles. The lowest BCUT2D eigenvalue weighted by Crippen LogP contribution is -2.30. The van der Waals surface area contributed by atoms with Crippen molar-refractivity contribution < 1.29 is 4.39 Å². The Morgan fingerprint density at radius 1 is 1.19 bits per heavy atom. The second-order valence-corrected chi connectivity index (χ2v) is 5.04. The molecular formula is C16H17FN4. The highest BCUT2D eigenvalue weighted by atomic mass is 19.1. The van der Waals surface area contributed by atoms with Gasteiger partial charge in [-0.3, -0.25) is 16.0 Å². The summed E-state index contributed by atoms with van der Waals surface area (Å²) in [5.41, 5.74) is 5.24. The van der Waals surface area contributed by atoms with Gasteiger partial charge in [-0.05, 0) is 24.1 Å². The van der Waals surface area contributed by atoms with Crippen molar-refractivity contribution in [3.05, 3.63) is 65.6 Å². The first kappa shape index (κ1) is 13.7. The molecule has 0 amide bonds. The van der Waals surface area contributed by atoms with E-state index in [9.17, 15) is 4.39 Å². The molecule has 5 heteroatoms. The third-order valence-electron chi connectivity index (χ3n) is 3.70. The summed E-state index contributed by atoms with van der Waals surface area (Å²) in [6.45, 7) is 0. The maximum Gasteiger partial charge on any atom is 0.126 e. The van der Waals surface area contributed by atoms with Crippen LogP contribution in [-0.2, 0) is 13.5 Å². The summed E-state index contributed by atoms with van der Waals surface area (Å²) in [5, 5.41) is 5.57. The minimum Gasteiger partial charge on any atom is -0.271 e. The van der Waals surface area contributed by atoms with E-state index in [1.54, 1.807) is 12.1 Å². The average Bonchev–Trinajstić information content (AvgIpc) is 2.84. The fourth-order valence-corrected chi connectivity index (χ4v) is 2.62. The molecule has 0 radical (unpaired) electrons. The molecule has 108 valence electrons. The van der Waals surface area contributed by atoms with Crippen LogP contribution in [0.25, 0.3) is 10.9 Å². The van der Waals surface area contributed by atoms with Gasteiger partial charge < -0.3 is 0 Å². The summed E-state index contributed by atoms with van der Waals surface area (Å²) in [6.07, 6.45) is 0.449. The molecule has 1 atom stereocenters. The first-order chi connectivity index (χ1) is 10.2. The summed E-state index contributed by atoms with van der Waals surface area (Å²) in [4.78, 5) is 0. The van der Waals surface area contributed by atoms with E-state index in [-0.39, 0.29) is 11.9 Å². The van der Waals surface area contributed by atoms with E-state index >= 15 is 0 Å². The number of para-hydroxylation sites is 1. The number of hydrogen-bond donors (Lipinski definition) is 2. The molecule has 1 unspecified atom stereocenters. The molecule has 0 spiro atoms. The van der Waals surface area contributed by atoms with Gasteiger partial charge in [0.2, 0.25) is 0 Å². The number of aryl methyl sites for hydroxylation is 1. The molecule has 0 aliphatic rings. The van der Waals surface area contributed by atoms with Gasteiger partial charge in [0.05, 0.1) is 17.3 Å². The molecule has 0 bridgehead atoms. The normalized spacial score (nSPS) is 12.7. The Labute approximate surface area is 122 Å². The number of nitrogens with two attached hydrogens (primary N) is 1. The van der Waals surface area contributed by atoms with Crippen LogP contribution >= 0.6 is 0 Å². The minimum atomic E-state index is -0.243. The lowest BCUT2D eigenvalue weighted by atomic mass is 10.0. The Morgan fingerprint density at radius 2 is 1.90 bits per heavy atom. The first-order valence-corrected chi connectivity index (χ1v) is 6.82. The number of aromatic nitrogens is 2. The lowest BCUT2D eigenvalue weighted by molar-refractivity contribution is 0.515. The highest BCUT2D eigenvalue weighted by Gasteiger charge is 2.19. The fraction of sp³-hybridized carbons (Fsp3) is 0.188. The van der Waals surface area contributed by atoms with Crippen LogP contribution in [0.4, 0.5) is 4.39 Å². The van der Waals surface area contributed by atoms with Gasteiger partial charge in [-0.25, -0.2) is 4.39 Å². The van der Waals surface area contributed by atoms with Crippen LogP contribution < -0.4 is 11.3 Å². The first-order valence-electron chi connectivity index (χ1n) is 6.82. The largest absolute Gasteiger partial charge is 0.271 e. The molecule has 0 fully saturated rings. The van der Waals surface area contributed by atoms with Crippen LogP contribution in [0, 0.1) is 5.82 Å². The zero-order valence-electron chi connectivity index (χ0n) is 11.8. The van der Waals surface area contributed by atoms with Gasteiger partial charge in [0.15, 0.2) is 0 Å². The third kappa shape index (κ3) is 2.53. The number of halogens is 1. The Kier molecular flexibility index (Phi) is 3.68. The zero-order valence-corrected chi connectivity index (χ0v) is 11.8. The lowest BCUT2D eigenvalue weighted by Gasteiger charge is -2.14. The van der Waals surface area contributed by atoms with Crippen molar-refractivity contribution in [1.29, 1.82) is 0 Å². The number of hydrogen-bond acceptors (Lipinski definition) is 3. The topological polar surface area (TPSA) is 55.9 Å². The van der Waals surface area contributed by atoms with E-state index < -0.39 is 0 Å². The van der Waals surface area contributed by atoms with Crippen molar-refractivity contribution in [2.45, 2.75) is 12.5 Å². The number of nitrogens with zero attached hydrogens (tertiary/aromatic N) is 2. The van der Waals surface area contributed by atoms with Crippen molar-refractivity contribution >= 4 is 10.9 Å². The van der Waals surface area contributed by atoms with Crippen molar-refractivity contribution in [2.24, 2.45) is 12.9 Å². The molecule has 1 aromatic heterocycles. The SMILES string of the molecule is Cn1nc(C(Cc2ccccc2F)NN)c2ccccc21. The molecule has 3 N–H and O–H groups in total. The van der Waals surface area contributed by atoms with Crippen LogP contribution in [0.5, 0.6) is 0 Å². The molecule has 0 saturated carbocycles. The highest BCUT2D eigenvalue weighted by molar-refractivity contribution is 5.82. The van der Waals surface area contributed by atoms with Gasteiger partial charge >= 0.3 is 0 Å². The number of nitrogens with one attached hydrogen (secondary N) is 1. The summed E-state index contributed by atoms with van der Waals surface area (Å²) in [7, 11) is 1.89. The van der Waals surface area contributed by atoms with Gasteiger partial charge in [-0.2, -0.15) is 5.10 Å². The van der Waals surface area contributed by atoms with E-state index in [0.717, 1.165) is 16.6 Å². The third-order valence-corrected chi connectivity index (χ3v) is 3.70. The molecule has 0 saturated heterocycles. The van der Waals surface area contributed by atoms with Gasteiger partial charge in [-0.1, -0.05) is 36.4 Å². The zero-order chi connectivity index (χ0) is 14.8. The number of hydrazine groups is 1. The van der Waals surface area contributed by atoms with Crippen molar-refractivity contribution in [2.75, 3.05) is 0 Å². The predicted octanol–water partition coefficient (Wildman–Crippen LogP) is 2.46. The monoisotopic (exact) mass is 284 g/mol. The number of fused-ring (bicyclic) bond motifs is 1. The van der Waals surface area contributed by atoms with Gasteiger partial charge in [0.25, 0.3) is 0 Å². The maximum atomic E-state index is 13.8. The molecule has 4 nitrogen and oxygen atoms in total. The highest BCUT2D eigenvalue weighted by Crippen LogP contribution is 2.25. The molecule has 3 aromatic rings. The maximum absolute atomic E-state index is 13.8. The van der Waals surface area contributed by atoms with Crippen LogP contribution in [0.3, 0.4) is 0 Å². The van der Waals surface area contributed by atoms with E-state index in [1.807, 2.05) is 42.1 Å². The Hall–Kier alpha value is -2.24. The second kappa shape index (κ2) is 5.63. The smallest absolute Gasteiger partial charge is 0.126 e. The van der Waals surface area contributed by atoms with Crippen LogP contribution in [0.15, 0.2) is 48.5 Å². The molecule has 0 aliphatic carbocycles. The average molecular weight is 284 g/mol. The molecular weight excluding hydrogens is 267 g/mol. The summed E-state index contributed by atoms with van der Waals surface area (Å²) in [6, 6.07) is 14.4. The van der Waals surface area contributed by atoms with Crippen LogP contribution in [0.1, 0.15) is 17.3 Å². The Bertz CT molecular complexity index is 766. The molecule has 0 aliphatic heterocycles. The quantitative estimate of drug-likeness (QED) is 0.571. The van der Waals surface area contributed by atoms with E-state index in [1.165, 1.54) is 6.07 Å². The summed E-state index contributed by atoms with van der Waals surface area (Å²) in [5.74, 6) is 5.46. The van der Waals surface area contributed by atoms with Gasteiger partial charge in [-0.15, -0.1) is 0 Å². The predicted molar refractivity (Wildman–Crippen MR) is 80.9 cm³/mol.